The second-order valence-corrected chi connectivity index (χ2v) is 8.68. The number of ether oxygens (including phenoxy) is 3. The molecule has 0 unspecified atom stereocenters. The molecule has 0 saturated heterocycles. The summed E-state index contributed by atoms with van der Waals surface area (Å²) >= 11 is 0. The van der Waals surface area contributed by atoms with Crippen LogP contribution in [0.15, 0.2) is 18.2 Å². The van der Waals surface area contributed by atoms with Crippen LogP contribution < -0.4 is 9.47 Å². The predicted octanol–water partition coefficient (Wildman–Crippen LogP) is 5.43. The van der Waals surface area contributed by atoms with E-state index in [-0.39, 0.29) is 11.4 Å². The fourth-order valence-electron chi connectivity index (χ4n) is 5.39. The number of benzene rings is 1. The van der Waals surface area contributed by atoms with Gasteiger partial charge >= 0.3 is 5.97 Å². The molecule has 3 rings (SSSR count). The summed E-state index contributed by atoms with van der Waals surface area (Å²) in [5, 5.41) is 0. The van der Waals surface area contributed by atoms with Gasteiger partial charge in [0.05, 0.1) is 32.3 Å². The fraction of sp³-hybridized carbons (Fsp3) is 0.625. The van der Waals surface area contributed by atoms with Gasteiger partial charge in [0, 0.05) is 0 Å². The number of allylic oxidation sites excluding steroid dienone is 1. The van der Waals surface area contributed by atoms with Crippen molar-refractivity contribution in [3.8, 4) is 11.5 Å². The van der Waals surface area contributed by atoms with Gasteiger partial charge in [-0.3, -0.25) is 4.79 Å². The van der Waals surface area contributed by atoms with Crippen LogP contribution in [0.2, 0.25) is 0 Å². The summed E-state index contributed by atoms with van der Waals surface area (Å²) in [4.78, 5) is 13.1. The van der Waals surface area contributed by atoms with Crippen molar-refractivity contribution in [2.24, 2.45) is 16.7 Å². The number of carbonyl (C=O) groups is 1. The molecule has 0 aromatic heterocycles. The van der Waals surface area contributed by atoms with Crippen LogP contribution in [0, 0.1) is 16.7 Å². The molecule has 0 N–H and O–H groups in total. The Morgan fingerprint density at radius 1 is 1.11 bits per heavy atom. The van der Waals surface area contributed by atoms with Gasteiger partial charge in [-0.1, -0.05) is 39.7 Å². The van der Waals surface area contributed by atoms with Crippen molar-refractivity contribution in [2.45, 2.75) is 59.3 Å². The molecule has 0 heterocycles. The summed E-state index contributed by atoms with van der Waals surface area (Å²) in [6, 6.07) is 4.22. The first-order valence-electron chi connectivity index (χ1n) is 10.4. The van der Waals surface area contributed by atoms with Gasteiger partial charge in [-0.15, -0.1) is 0 Å². The average molecular weight is 387 g/mol. The van der Waals surface area contributed by atoms with Crippen LogP contribution in [-0.2, 0) is 16.0 Å². The molecule has 2 bridgehead atoms. The molecule has 0 spiro atoms. The molecule has 0 aliphatic heterocycles. The van der Waals surface area contributed by atoms with Crippen LogP contribution in [0.1, 0.15) is 64.0 Å². The average Bonchev–Trinajstić information content (AvgIpc) is 3.09. The number of unbranched alkanes of at least 4 members (excludes halogenated alkanes) is 2. The maximum atomic E-state index is 13.1. The van der Waals surface area contributed by atoms with Crippen LogP contribution in [0.4, 0.5) is 0 Å². The number of methoxy groups -OCH3 is 3. The number of aryl methyl sites for hydroxylation is 1. The van der Waals surface area contributed by atoms with E-state index in [0.29, 0.717) is 5.92 Å². The molecule has 2 atom stereocenters. The van der Waals surface area contributed by atoms with Crippen LogP contribution in [-0.4, -0.2) is 27.3 Å². The van der Waals surface area contributed by atoms with Crippen LogP contribution in [0.5, 0.6) is 11.5 Å². The summed E-state index contributed by atoms with van der Waals surface area (Å²) in [5.41, 5.74) is 2.28. The monoisotopic (exact) mass is 386 g/mol. The molecule has 2 aliphatic rings. The SMILES string of the molecule is CCCCCc1cc(OC)c(C2=C[C@@H]3CC[C@@]2(C(=O)OC)C3(C)C)c(OC)c1. The third-order valence-corrected chi connectivity index (χ3v) is 7.12. The summed E-state index contributed by atoms with van der Waals surface area (Å²) in [5.74, 6) is 1.76. The molecule has 1 saturated carbocycles. The van der Waals surface area contributed by atoms with Crippen LogP contribution >= 0.6 is 0 Å². The number of carbonyl (C=O) groups excluding carboxylic acids is 1. The normalized spacial score (nSPS) is 24.8. The Kier molecular flexibility index (Phi) is 5.79. The first kappa shape index (κ1) is 20.8. The quantitative estimate of drug-likeness (QED) is 0.441. The molecule has 0 radical (unpaired) electrons. The second kappa shape index (κ2) is 7.81. The van der Waals surface area contributed by atoms with Crippen molar-refractivity contribution >= 4 is 11.5 Å². The van der Waals surface area contributed by atoms with Crippen LogP contribution in [0.25, 0.3) is 5.57 Å². The van der Waals surface area contributed by atoms with Gasteiger partial charge in [0.15, 0.2) is 0 Å². The maximum Gasteiger partial charge on any atom is 0.316 e. The number of rotatable bonds is 8. The highest BCUT2D eigenvalue weighted by Gasteiger charge is 2.65. The highest BCUT2D eigenvalue weighted by Crippen LogP contribution is 2.69. The van der Waals surface area contributed by atoms with Gasteiger partial charge in [0.2, 0.25) is 0 Å². The van der Waals surface area contributed by atoms with Crippen molar-refractivity contribution in [1.29, 1.82) is 0 Å². The van der Waals surface area contributed by atoms with E-state index in [2.05, 4.69) is 39.0 Å². The fourth-order valence-corrected chi connectivity index (χ4v) is 5.39. The van der Waals surface area contributed by atoms with Gasteiger partial charge in [-0.2, -0.15) is 0 Å². The Hall–Kier alpha value is -1.97. The molecule has 154 valence electrons. The lowest BCUT2D eigenvalue weighted by Gasteiger charge is -2.38. The minimum Gasteiger partial charge on any atom is -0.496 e. The van der Waals surface area contributed by atoms with E-state index >= 15 is 0 Å². The predicted molar refractivity (Wildman–Crippen MR) is 112 cm³/mol. The smallest absolute Gasteiger partial charge is 0.316 e. The number of hydrogen-bond donors (Lipinski definition) is 0. The zero-order valence-electron chi connectivity index (χ0n) is 18.2. The van der Waals surface area contributed by atoms with Gasteiger partial charge in [-0.25, -0.2) is 0 Å². The molecule has 28 heavy (non-hydrogen) atoms. The van der Waals surface area contributed by atoms with E-state index in [1.807, 2.05) is 0 Å². The Morgan fingerprint density at radius 3 is 2.25 bits per heavy atom. The molecule has 1 aromatic carbocycles. The van der Waals surface area contributed by atoms with E-state index in [1.165, 1.54) is 25.5 Å². The Labute approximate surface area is 169 Å². The van der Waals surface area contributed by atoms with Crippen molar-refractivity contribution in [2.75, 3.05) is 21.3 Å². The summed E-state index contributed by atoms with van der Waals surface area (Å²) in [7, 11) is 4.87. The molecule has 4 heteroatoms. The standard InChI is InChI=1S/C24H34O4/c1-7-8-9-10-16-13-19(26-4)21(20(14-16)27-5)18-15-17-11-12-24(18,22(25)28-6)23(17,2)3/h13-15,17H,7-12H2,1-6H3/t17-,24+/m0/s1. The van der Waals surface area contributed by atoms with Gasteiger partial charge < -0.3 is 14.2 Å². The van der Waals surface area contributed by atoms with Crippen molar-refractivity contribution in [3.05, 3.63) is 29.3 Å². The van der Waals surface area contributed by atoms with E-state index in [1.54, 1.807) is 14.2 Å². The summed E-state index contributed by atoms with van der Waals surface area (Å²) in [6.07, 6.45) is 8.61. The molecule has 0 amide bonds. The van der Waals surface area contributed by atoms with Crippen LogP contribution in [0.3, 0.4) is 0 Å². The molecule has 2 aliphatic carbocycles. The lowest BCUT2D eigenvalue weighted by Crippen LogP contribution is -2.41. The van der Waals surface area contributed by atoms with Gasteiger partial charge in [0.1, 0.15) is 11.5 Å². The largest absolute Gasteiger partial charge is 0.496 e. The lowest BCUT2D eigenvalue weighted by molar-refractivity contribution is -0.153. The zero-order valence-corrected chi connectivity index (χ0v) is 18.2. The highest BCUT2D eigenvalue weighted by molar-refractivity contribution is 5.99. The molecule has 4 nitrogen and oxygen atoms in total. The molecular formula is C24H34O4. The van der Waals surface area contributed by atoms with Crippen molar-refractivity contribution in [3.63, 3.8) is 0 Å². The number of hydrogen-bond acceptors (Lipinski definition) is 4. The molecular weight excluding hydrogens is 352 g/mol. The van der Waals surface area contributed by atoms with Crippen molar-refractivity contribution < 1.29 is 19.0 Å². The molecule has 1 aromatic rings. The van der Waals surface area contributed by atoms with E-state index in [9.17, 15) is 4.79 Å². The van der Waals surface area contributed by atoms with Gasteiger partial charge in [0.25, 0.3) is 0 Å². The third kappa shape index (κ3) is 2.92. The minimum absolute atomic E-state index is 0.153. The van der Waals surface area contributed by atoms with E-state index < -0.39 is 5.41 Å². The third-order valence-electron chi connectivity index (χ3n) is 7.12. The first-order chi connectivity index (χ1) is 13.4. The van der Waals surface area contributed by atoms with E-state index in [0.717, 1.165) is 48.3 Å². The Balaban J connectivity index is 2.12. The Morgan fingerprint density at radius 2 is 1.75 bits per heavy atom. The number of fused-ring (bicyclic) bond motifs is 2. The second-order valence-electron chi connectivity index (χ2n) is 8.68. The van der Waals surface area contributed by atoms with E-state index in [4.69, 9.17) is 14.2 Å². The zero-order chi connectivity index (χ0) is 20.5. The summed E-state index contributed by atoms with van der Waals surface area (Å²) < 4.78 is 16.9. The van der Waals surface area contributed by atoms with Crippen molar-refractivity contribution in [1.82, 2.24) is 0 Å². The number of esters is 1. The topological polar surface area (TPSA) is 44.8 Å². The highest BCUT2D eigenvalue weighted by atomic mass is 16.5. The molecule has 1 fully saturated rings. The first-order valence-corrected chi connectivity index (χ1v) is 10.4. The summed E-state index contributed by atoms with van der Waals surface area (Å²) in [6.45, 7) is 6.58. The minimum atomic E-state index is -0.656. The maximum absolute atomic E-state index is 13.1. The Bertz CT molecular complexity index is 752. The lowest BCUT2D eigenvalue weighted by atomic mass is 9.64. The van der Waals surface area contributed by atoms with Gasteiger partial charge in [-0.05, 0) is 60.3 Å².